The number of nitrogens with zero attached hydrogens (tertiary/aromatic N) is 1. The third-order valence-corrected chi connectivity index (χ3v) is 4.91. The van der Waals surface area contributed by atoms with E-state index in [0.717, 1.165) is 6.42 Å². The fourth-order valence-electron chi connectivity index (χ4n) is 1.90. The summed E-state index contributed by atoms with van der Waals surface area (Å²) in [6.07, 6.45) is 1.39. The number of sulfonamides is 1. The average Bonchev–Trinajstić information content (AvgIpc) is 2.16. The number of unbranched alkanes of at least 4 members (excludes halogenated alkanes) is 1. The first-order chi connectivity index (χ1) is 7.40. The summed E-state index contributed by atoms with van der Waals surface area (Å²) in [7, 11) is -3.17. The Balaban J connectivity index is 2.66. The zero-order valence-corrected chi connectivity index (χ0v) is 10.9. The van der Waals surface area contributed by atoms with Crippen molar-refractivity contribution in [2.45, 2.75) is 32.2 Å². The molecule has 0 bridgehead atoms. The van der Waals surface area contributed by atoms with Gasteiger partial charge < -0.3 is 10.5 Å². The molecular formula is C10H22N2O3S. The molecule has 1 heterocycles. The molecule has 0 unspecified atom stereocenters. The third-order valence-electron chi connectivity index (χ3n) is 2.76. The van der Waals surface area contributed by atoms with Crippen molar-refractivity contribution >= 4 is 10.0 Å². The zero-order chi connectivity index (χ0) is 12.2. The highest BCUT2D eigenvalue weighted by atomic mass is 32.2. The molecule has 0 aromatic rings. The molecule has 0 spiro atoms. The van der Waals surface area contributed by atoms with Gasteiger partial charge in [-0.05, 0) is 33.2 Å². The first kappa shape index (κ1) is 13.9. The van der Waals surface area contributed by atoms with E-state index in [1.807, 2.05) is 13.8 Å². The molecule has 1 rings (SSSR count). The van der Waals surface area contributed by atoms with E-state index >= 15 is 0 Å². The van der Waals surface area contributed by atoms with Gasteiger partial charge in [0.15, 0.2) is 0 Å². The first-order valence-corrected chi connectivity index (χ1v) is 7.29. The molecule has 0 aromatic heterocycles. The molecule has 0 saturated carbocycles. The van der Waals surface area contributed by atoms with Crippen LogP contribution in [0.15, 0.2) is 0 Å². The molecule has 1 aliphatic rings. The van der Waals surface area contributed by atoms with Crippen LogP contribution >= 0.6 is 0 Å². The van der Waals surface area contributed by atoms with Crippen LogP contribution in [-0.2, 0) is 14.8 Å². The van der Waals surface area contributed by atoms with Crippen molar-refractivity contribution in [1.82, 2.24) is 4.31 Å². The Hall–Kier alpha value is -0.170. The maximum Gasteiger partial charge on any atom is 0.214 e. The Kier molecular flexibility index (Phi) is 4.73. The summed E-state index contributed by atoms with van der Waals surface area (Å²) in [5.74, 6) is 0.188. The summed E-state index contributed by atoms with van der Waals surface area (Å²) in [5, 5.41) is 0. The van der Waals surface area contributed by atoms with E-state index in [1.165, 1.54) is 0 Å². The van der Waals surface area contributed by atoms with Crippen molar-refractivity contribution in [3.63, 3.8) is 0 Å². The highest BCUT2D eigenvalue weighted by Gasteiger charge is 2.38. The van der Waals surface area contributed by atoms with Gasteiger partial charge in [0.1, 0.15) is 0 Å². The van der Waals surface area contributed by atoms with Crippen molar-refractivity contribution in [3.05, 3.63) is 0 Å². The molecule has 16 heavy (non-hydrogen) atoms. The maximum atomic E-state index is 12.1. The van der Waals surface area contributed by atoms with Crippen LogP contribution in [-0.4, -0.2) is 50.3 Å². The van der Waals surface area contributed by atoms with Crippen LogP contribution in [0.1, 0.15) is 26.7 Å². The van der Waals surface area contributed by atoms with Crippen molar-refractivity contribution in [3.8, 4) is 0 Å². The van der Waals surface area contributed by atoms with Crippen LogP contribution in [0.2, 0.25) is 0 Å². The van der Waals surface area contributed by atoms with Gasteiger partial charge in [0, 0.05) is 6.54 Å². The Morgan fingerprint density at radius 3 is 2.62 bits per heavy atom. The molecule has 96 valence electrons. The first-order valence-electron chi connectivity index (χ1n) is 5.68. The summed E-state index contributed by atoms with van der Waals surface area (Å²) in [6, 6.07) is 0. The topological polar surface area (TPSA) is 72.6 Å². The molecule has 6 heteroatoms. The van der Waals surface area contributed by atoms with Gasteiger partial charge in [-0.3, -0.25) is 0 Å². The lowest BCUT2D eigenvalue weighted by molar-refractivity contribution is -0.00769. The number of morpholine rings is 1. The van der Waals surface area contributed by atoms with Gasteiger partial charge in [-0.15, -0.1) is 0 Å². The standard InChI is InChI=1S/C10H22N2O3S/c1-10(2)9-15-7-6-12(10)16(13,14)8-4-3-5-11/h3-9,11H2,1-2H3. The summed E-state index contributed by atoms with van der Waals surface area (Å²) >= 11 is 0. The molecule has 1 aliphatic heterocycles. The van der Waals surface area contributed by atoms with Crippen LogP contribution in [0.25, 0.3) is 0 Å². The monoisotopic (exact) mass is 250 g/mol. The second-order valence-electron chi connectivity index (χ2n) is 4.75. The number of hydrogen-bond acceptors (Lipinski definition) is 4. The minimum absolute atomic E-state index is 0.188. The Bertz CT molecular complexity index is 314. The number of ether oxygens (including phenoxy) is 1. The molecule has 0 aliphatic carbocycles. The van der Waals surface area contributed by atoms with Gasteiger partial charge in [-0.2, -0.15) is 4.31 Å². The van der Waals surface area contributed by atoms with E-state index in [2.05, 4.69) is 0 Å². The van der Waals surface area contributed by atoms with Gasteiger partial charge in [0.05, 0.1) is 24.5 Å². The van der Waals surface area contributed by atoms with Crippen molar-refractivity contribution < 1.29 is 13.2 Å². The predicted molar refractivity (Wildman–Crippen MR) is 63.7 cm³/mol. The number of rotatable bonds is 5. The van der Waals surface area contributed by atoms with E-state index in [1.54, 1.807) is 4.31 Å². The van der Waals surface area contributed by atoms with Crippen LogP contribution in [0.3, 0.4) is 0 Å². The molecule has 0 aromatic carbocycles. The van der Waals surface area contributed by atoms with Crippen LogP contribution in [0, 0.1) is 0 Å². The molecule has 1 fully saturated rings. The molecule has 0 atom stereocenters. The lowest BCUT2D eigenvalue weighted by atomic mass is 10.1. The number of nitrogens with two attached hydrogens (primary N) is 1. The van der Waals surface area contributed by atoms with Crippen LogP contribution in [0.4, 0.5) is 0 Å². The average molecular weight is 250 g/mol. The highest BCUT2D eigenvalue weighted by molar-refractivity contribution is 7.89. The molecule has 2 N–H and O–H groups in total. The summed E-state index contributed by atoms with van der Waals surface area (Å²) < 4.78 is 31.1. The zero-order valence-electron chi connectivity index (χ0n) is 10.1. The minimum Gasteiger partial charge on any atom is -0.378 e. The molecule has 1 saturated heterocycles. The fourth-order valence-corrected chi connectivity index (χ4v) is 3.85. The van der Waals surface area contributed by atoms with Gasteiger partial charge in [-0.1, -0.05) is 0 Å². The van der Waals surface area contributed by atoms with Crippen molar-refractivity contribution in [2.75, 3.05) is 32.1 Å². The Morgan fingerprint density at radius 2 is 2.06 bits per heavy atom. The Morgan fingerprint density at radius 1 is 1.38 bits per heavy atom. The SMILES string of the molecule is CC1(C)COCCN1S(=O)(=O)CCCCN. The smallest absolute Gasteiger partial charge is 0.214 e. The van der Waals surface area contributed by atoms with Gasteiger partial charge in [0.25, 0.3) is 0 Å². The third kappa shape index (κ3) is 3.41. The van der Waals surface area contributed by atoms with E-state index in [9.17, 15) is 8.42 Å². The Labute approximate surface area is 98.0 Å². The number of hydrogen-bond donors (Lipinski definition) is 1. The summed E-state index contributed by atoms with van der Waals surface area (Å²) in [6.45, 7) is 5.74. The summed E-state index contributed by atoms with van der Waals surface area (Å²) in [4.78, 5) is 0. The molecule has 0 radical (unpaired) electrons. The van der Waals surface area contributed by atoms with Crippen molar-refractivity contribution in [2.24, 2.45) is 5.73 Å². The predicted octanol–water partition coefficient (Wildman–Crippen LogP) is 0.166. The second-order valence-corrected chi connectivity index (χ2v) is 6.76. The van der Waals surface area contributed by atoms with E-state index in [-0.39, 0.29) is 5.75 Å². The molecular weight excluding hydrogens is 228 g/mol. The van der Waals surface area contributed by atoms with E-state index < -0.39 is 15.6 Å². The minimum atomic E-state index is -3.17. The van der Waals surface area contributed by atoms with E-state index in [4.69, 9.17) is 10.5 Å². The van der Waals surface area contributed by atoms with Gasteiger partial charge >= 0.3 is 0 Å². The van der Waals surface area contributed by atoms with Crippen molar-refractivity contribution in [1.29, 1.82) is 0 Å². The second kappa shape index (κ2) is 5.44. The maximum absolute atomic E-state index is 12.1. The lowest BCUT2D eigenvalue weighted by Gasteiger charge is -2.40. The van der Waals surface area contributed by atoms with E-state index in [0.29, 0.717) is 32.7 Å². The van der Waals surface area contributed by atoms with Gasteiger partial charge in [0.2, 0.25) is 10.0 Å². The van der Waals surface area contributed by atoms with Crippen LogP contribution in [0.5, 0.6) is 0 Å². The summed E-state index contributed by atoms with van der Waals surface area (Å²) in [5.41, 5.74) is 4.93. The largest absolute Gasteiger partial charge is 0.378 e. The lowest BCUT2D eigenvalue weighted by Crippen LogP contribution is -2.55. The quantitative estimate of drug-likeness (QED) is 0.706. The van der Waals surface area contributed by atoms with Gasteiger partial charge in [-0.25, -0.2) is 8.42 Å². The normalized spacial score (nSPS) is 22.2. The molecule has 5 nitrogen and oxygen atoms in total. The van der Waals surface area contributed by atoms with Crippen LogP contribution < -0.4 is 5.73 Å². The fraction of sp³-hybridized carbons (Fsp3) is 1.00. The molecule has 0 amide bonds. The highest BCUT2D eigenvalue weighted by Crippen LogP contribution is 2.23.